The molecule has 1 fully saturated rings. The molecule has 1 saturated heterocycles. The molecule has 3 amide bonds. The Bertz CT molecular complexity index is 892. The summed E-state index contributed by atoms with van der Waals surface area (Å²) in [5.41, 5.74) is 1.09. The molecule has 154 valence electrons. The first-order valence-electron chi connectivity index (χ1n) is 9.30. The molecule has 0 spiro atoms. The monoisotopic (exact) mass is 417 g/mol. The lowest BCUT2D eigenvalue weighted by atomic mass is 9.96. The standard InChI is InChI=1S/C19H23N5O4S/c1-12-16(29-23-22-12)19(27)24-9-7-13(8-10-24)11-20-17(25)18(26)21-14-5-3-4-6-15(14)28-2/h3-6,13H,7-11H2,1-2H3,(H,20,25)(H,21,26). The quantitative estimate of drug-likeness (QED) is 0.712. The highest BCUT2D eigenvalue weighted by Crippen LogP contribution is 2.23. The van der Waals surface area contributed by atoms with E-state index in [0.717, 1.165) is 24.4 Å². The summed E-state index contributed by atoms with van der Waals surface area (Å²) < 4.78 is 8.97. The average Bonchev–Trinajstić information content (AvgIpc) is 3.18. The largest absolute Gasteiger partial charge is 0.495 e. The SMILES string of the molecule is COc1ccccc1NC(=O)C(=O)NCC1CCN(C(=O)c2snnc2C)CC1. The molecule has 2 aromatic rings. The molecule has 9 nitrogen and oxygen atoms in total. The third kappa shape index (κ3) is 5.08. The zero-order chi connectivity index (χ0) is 20.8. The molecule has 2 N–H and O–H groups in total. The van der Waals surface area contributed by atoms with Gasteiger partial charge in [-0.25, -0.2) is 0 Å². The number of ether oxygens (including phenoxy) is 1. The fraction of sp³-hybridized carbons (Fsp3) is 0.421. The van der Waals surface area contributed by atoms with Crippen molar-refractivity contribution >= 4 is 34.9 Å². The van der Waals surface area contributed by atoms with E-state index in [2.05, 4.69) is 20.2 Å². The minimum absolute atomic E-state index is 0.0452. The van der Waals surface area contributed by atoms with Crippen LogP contribution in [0.5, 0.6) is 5.75 Å². The summed E-state index contributed by atoms with van der Waals surface area (Å²) in [7, 11) is 1.49. The smallest absolute Gasteiger partial charge is 0.313 e. The Kier molecular flexibility index (Phi) is 6.76. The Balaban J connectivity index is 1.44. The van der Waals surface area contributed by atoms with E-state index in [0.29, 0.717) is 41.6 Å². The first kappa shape index (κ1) is 20.7. The van der Waals surface area contributed by atoms with Crippen molar-refractivity contribution in [3.63, 3.8) is 0 Å². The number of hydrogen-bond donors (Lipinski definition) is 2. The van der Waals surface area contributed by atoms with E-state index >= 15 is 0 Å². The van der Waals surface area contributed by atoms with E-state index in [-0.39, 0.29) is 11.8 Å². The minimum atomic E-state index is -0.740. The molecular weight excluding hydrogens is 394 g/mol. The van der Waals surface area contributed by atoms with Crippen molar-refractivity contribution in [2.45, 2.75) is 19.8 Å². The fourth-order valence-electron chi connectivity index (χ4n) is 3.16. The molecule has 0 saturated carbocycles. The molecular formula is C19H23N5O4S. The van der Waals surface area contributed by atoms with Crippen LogP contribution in [0.15, 0.2) is 24.3 Å². The van der Waals surface area contributed by atoms with Crippen LogP contribution in [0.3, 0.4) is 0 Å². The second-order valence-corrected chi connectivity index (χ2v) is 7.54. The van der Waals surface area contributed by atoms with Gasteiger partial charge in [0.05, 0.1) is 18.5 Å². The topological polar surface area (TPSA) is 114 Å². The number of hydrogen-bond acceptors (Lipinski definition) is 7. The molecule has 2 heterocycles. The van der Waals surface area contributed by atoms with Crippen molar-refractivity contribution in [1.29, 1.82) is 0 Å². The molecule has 29 heavy (non-hydrogen) atoms. The summed E-state index contributed by atoms with van der Waals surface area (Å²) in [6.45, 7) is 3.37. The predicted octanol–water partition coefficient (Wildman–Crippen LogP) is 1.46. The lowest BCUT2D eigenvalue weighted by Gasteiger charge is -2.31. The zero-order valence-electron chi connectivity index (χ0n) is 16.3. The molecule has 10 heteroatoms. The Hall–Kier alpha value is -3.01. The molecule has 3 rings (SSSR count). The van der Waals surface area contributed by atoms with E-state index < -0.39 is 11.8 Å². The Labute approximate surface area is 172 Å². The number of amides is 3. The van der Waals surface area contributed by atoms with Gasteiger partial charge in [-0.3, -0.25) is 14.4 Å². The summed E-state index contributed by atoms with van der Waals surface area (Å²) in [5.74, 6) is -0.785. The van der Waals surface area contributed by atoms with E-state index in [4.69, 9.17) is 4.74 Å². The lowest BCUT2D eigenvalue weighted by Crippen LogP contribution is -2.43. The van der Waals surface area contributed by atoms with Crippen LogP contribution in [0.1, 0.15) is 28.2 Å². The second kappa shape index (κ2) is 9.46. The normalized spacial score (nSPS) is 14.3. The van der Waals surface area contributed by atoms with E-state index in [1.54, 1.807) is 36.1 Å². The number of aryl methyl sites for hydroxylation is 1. The van der Waals surface area contributed by atoms with Gasteiger partial charge in [0, 0.05) is 19.6 Å². The third-order valence-electron chi connectivity index (χ3n) is 4.86. The van der Waals surface area contributed by atoms with Gasteiger partial charge in [0.25, 0.3) is 5.91 Å². The molecule has 1 aromatic heterocycles. The summed E-state index contributed by atoms with van der Waals surface area (Å²) in [5, 5.41) is 9.11. The predicted molar refractivity (Wildman–Crippen MR) is 108 cm³/mol. The Morgan fingerprint density at radius 2 is 1.93 bits per heavy atom. The molecule has 1 aliphatic heterocycles. The van der Waals surface area contributed by atoms with E-state index in [9.17, 15) is 14.4 Å². The number of piperidine rings is 1. The van der Waals surface area contributed by atoms with Crippen molar-refractivity contribution in [1.82, 2.24) is 19.8 Å². The van der Waals surface area contributed by atoms with Gasteiger partial charge in [-0.15, -0.1) is 5.10 Å². The van der Waals surface area contributed by atoms with Gasteiger partial charge in [-0.2, -0.15) is 0 Å². The molecule has 0 radical (unpaired) electrons. The van der Waals surface area contributed by atoms with Crippen LogP contribution in [0, 0.1) is 12.8 Å². The molecule has 1 aliphatic rings. The molecule has 1 aromatic carbocycles. The van der Waals surface area contributed by atoms with E-state index in [1.807, 2.05) is 0 Å². The van der Waals surface area contributed by atoms with Crippen molar-refractivity contribution in [2.75, 3.05) is 32.1 Å². The summed E-state index contributed by atoms with van der Waals surface area (Å²) >= 11 is 1.11. The van der Waals surface area contributed by atoms with Crippen LogP contribution < -0.4 is 15.4 Å². The van der Waals surface area contributed by atoms with Gasteiger partial charge in [-0.05, 0) is 49.3 Å². The molecule has 0 atom stereocenters. The fourth-order valence-corrected chi connectivity index (χ4v) is 3.78. The van der Waals surface area contributed by atoms with Gasteiger partial charge < -0.3 is 20.3 Å². The van der Waals surface area contributed by atoms with Crippen molar-refractivity contribution < 1.29 is 19.1 Å². The maximum absolute atomic E-state index is 12.5. The maximum atomic E-state index is 12.5. The Morgan fingerprint density at radius 3 is 2.59 bits per heavy atom. The van der Waals surface area contributed by atoms with Crippen LogP contribution in [-0.2, 0) is 9.59 Å². The lowest BCUT2D eigenvalue weighted by molar-refractivity contribution is -0.136. The second-order valence-electron chi connectivity index (χ2n) is 6.79. The number of aromatic nitrogens is 2. The first-order valence-corrected chi connectivity index (χ1v) is 10.1. The van der Waals surface area contributed by atoms with Crippen LogP contribution >= 0.6 is 11.5 Å². The van der Waals surface area contributed by atoms with Crippen LogP contribution in [0.2, 0.25) is 0 Å². The van der Waals surface area contributed by atoms with Crippen molar-refractivity contribution in [3.8, 4) is 5.75 Å². The highest BCUT2D eigenvalue weighted by atomic mass is 32.1. The molecule has 0 bridgehead atoms. The number of methoxy groups -OCH3 is 1. The number of likely N-dealkylation sites (tertiary alicyclic amines) is 1. The number of nitrogens with zero attached hydrogens (tertiary/aromatic N) is 3. The van der Waals surface area contributed by atoms with Crippen molar-refractivity contribution in [3.05, 3.63) is 34.8 Å². The number of rotatable bonds is 5. The summed E-state index contributed by atoms with van der Waals surface area (Å²) in [6, 6.07) is 6.89. The molecule has 0 unspecified atom stereocenters. The summed E-state index contributed by atoms with van der Waals surface area (Å²) in [4.78, 5) is 39.1. The number of para-hydroxylation sites is 2. The first-order chi connectivity index (χ1) is 14.0. The van der Waals surface area contributed by atoms with Gasteiger partial charge in [0.1, 0.15) is 10.6 Å². The number of anilines is 1. The van der Waals surface area contributed by atoms with Gasteiger partial charge in [-0.1, -0.05) is 16.6 Å². The number of benzene rings is 1. The highest BCUT2D eigenvalue weighted by Gasteiger charge is 2.27. The number of carbonyl (C=O) groups excluding carboxylic acids is 3. The minimum Gasteiger partial charge on any atom is -0.495 e. The van der Waals surface area contributed by atoms with Gasteiger partial charge in [0.15, 0.2) is 0 Å². The zero-order valence-corrected chi connectivity index (χ0v) is 17.1. The van der Waals surface area contributed by atoms with Crippen LogP contribution in [0.4, 0.5) is 5.69 Å². The number of nitrogens with one attached hydrogen (secondary N) is 2. The Morgan fingerprint density at radius 1 is 1.21 bits per heavy atom. The number of carbonyl (C=O) groups is 3. The van der Waals surface area contributed by atoms with Gasteiger partial charge in [0.2, 0.25) is 0 Å². The van der Waals surface area contributed by atoms with Crippen molar-refractivity contribution in [2.24, 2.45) is 5.92 Å². The van der Waals surface area contributed by atoms with Gasteiger partial charge >= 0.3 is 11.8 Å². The maximum Gasteiger partial charge on any atom is 0.313 e. The third-order valence-corrected chi connectivity index (χ3v) is 5.68. The van der Waals surface area contributed by atoms with E-state index in [1.165, 1.54) is 7.11 Å². The van der Waals surface area contributed by atoms with Crippen LogP contribution in [-0.4, -0.2) is 59.0 Å². The average molecular weight is 417 g/mol. The summed E-state index contributed by atoms with van der Waals surface area (Å²) in [6.07, 6.45) is 1.51. The molecule has 0 aliphatic carbocycles. The highest BCUT2D eigenvalue weighted by molar-refractivity contribution is 7.07. The van der Waals surface area contributed by atoms with Crippen LogP contribution in [0.25, 0.3) is 0 Å².